The van der Waals surface area contributed by atoms with Crippen molar-refractivity contribution in [2.45, 2.75) is 58.3 Å². The molecule has 2 aliphatic carbocycles. The number of carbonyl (C=O) groups is 1. The third kappa shape index (κ3) is 4.22. The molecule has 2 aromatic rings. The van der Waals surface area contributed by atoms with E-state index in [1.807, 2.05) is 4.90 Å². The van der Waals surface area contributed by atoms with Crippen molar-refractivity contribution in [2.24, 2.45) is 11.1 Å². The second-order valence-corrected chi connectivity index (χ2v) is 12.0. The van der Waals surface area contributed by atoms with Gasteiger partial charge in [0.25, 0.3) is 0 Å². The zero-order chi connectivity index (χ0) is 28.1. The van der Waals surface area contributed by atoms with Gasteiger partial charge < -0.3 is 19.9 Å². The van der Waals surface area contributed by atoms with Crippen LogP contribution in [0.2, 0.25) is 0 Å². The number of thiophene rings is 1. The van der Waals surface area contributed by atoms with Crippen LogP contribution in [0.15, 0.2) is 34.8 Å². The number of carbonyl (C=O) groups excluding carboxylic acids is 1. The smallest absolute Gasteiger partial charge is 0.203 e. The first-order chi connectivity index (χ1) is 18.7. The number of rotatable bonds is 5. The van der Waals surface area contributed by atoms with E-state index in [4.69, 9.17) is 19.9 Å². The molecule has 202 valence electrons. The lowest BCUT2D eigenvalue weighted by Crippen LogP contribution is -2.42. The van der Waals surface area contributed by atoms with Crippen molar-refractivity contribution in [3.8, 4) is 29.4 Å². The van der Waals surface area contributed by atoms with Gasteiger partial charge in [-0.15, -0.1) is 11.3 Å². The first kappa shape index (κ1) is 26.6. The molecule has 0 spiro atoms. The molecule has 0 fully saturated rings. The van der Waals surface area contributed by atoms with Crippen LogP contribution in [0.3, 0.4) is 0 Å². The van der Waals surface area contributed by atoms with Crippen molar-refractivity contribution >= 4 is 22.1 Å². The number of nitriles is 2. The number of hydrogen-bond acceptors (Lipinski definition) is 9. The summed E-state index contributed by atoms with van der Waals surface area (Å²) in [4.78, 5) is 17.0. The van der Waals surface area contributed by atoms with E-state index < -0.39 is 5.92 Å². The Morgan fingerprint density at radius 3 is 2.28 bits per heavy atom. The summed E-state index contributed by atoms with van der Waals surface area (Å²) in [6, 6.07) is 8.28. The lowest BCUT2D eigenvalue weighted by atomic mass is 9.68. The lowest BCUT2D eigenvalue weighted by Gasteiger charge is -2.43. The van der Waals surface area contributed by atoms with Crippen molar-refractivity contribution in [3.63, 3.8) is 0 Å². The highest BCUT2D eigenvalue weighted by atomic mass is 32.1. The van der Waals surface area contributed by atoms with Gasteiger partial charge in [-0.1, -0.05) is 13.8 Å². The molecule has 0 saturated heterocycles. The van der Waals surface area contributed by atoms with E-state index in [1.54, 1.807) is 23.5 Å². The lowest BCUT2D eigenvalue weighted by molar-refractivity contribution is -0.118. The summed E-state index contributed by atoms with van der Waals surface area (Å²) in [5, 5.41) is 21.4. The summed E-state index contributed by atoms with van der Waals surface area (Å²) in [5.41, 5.74) is 10.4. The highest BCUT2D eigenvalue weighted by Gasteiger charge is 2.46. The van der Waals surface area contributed by atoms with Crippen LogP contribution >= 0.6 is 11.3 Å². The predicted octanol–water partition coefficient (Wildman–Crippen LogP) is 5.47. The van der Waals surface area contributed by atoms with Crippen LogP contribution in [0.4, 0.5) is 5.00 Å². The minimum absolute atomic E-state index is 0.0370. The van der Waals surface area contributed by atoms with E-state index >= 15 is 0 Å². The van der Waals surface area contributed by atoms with Gasteiger partial charge in [-0.05, 0) is 60.8 Å². The van der Waals surface area contributed by atoms with E-state index in [9.17, 15) is 15.3 Å². The van der Waals surface area contributed by atoms with E-state index in [2.05, 4.69) is 26.0 Å². The second kappa shape index (κ2) is 9.98. The summed E-state index contributed by atoms with van der Waals surface area (Å²) < 4.78 is 16.7. The van der Waals surface area contributed by atoms with E-state index in [0.717, 1.165) is 36.9 Å². The number of ether oxygens (including phenoxy) is 3. The highest BCUT2D eigenvalue weighted by molar-refractivity contribution is 7.16. The fraction of sp³-hybridized carbons (Fsp3) is 0.433. The molecule has 1 aliphatic heterocycles. The number of nitrogens with two attached hydrogens (primary N) is 1. The van der Waals surface area contributed by atoms with Crippen LogP contribution in [0.25, 0.3) is 0 Å². The largest absolute Gasteiger partial charge is 0.493 e. The molecule has 2 N–H and O–H groups in total. The van der Waals surface area contributed by atoms with Gasteiger partial charge in [0.2, 0.25) is 5.75 Å². The number of fused-ring (bicyclic) bond motifs is 1. The molecule has 0 radical (unpaired) electrons. The Kier molecular flexibility index (Phi) is 6.82. The number of hydrogen-bond donors (Lipinski definition) is 1. The summed E-state index contributed by atoms with van der Waals surface area (Å²) >= 11 is 1.56. The van der Waals surface area contributed by atoms with Crippen LogP contribution < -0.4 is 24.8 Å². The molecule has 39 heavy (non-hydrogen) atoms. The maximum absolute atomic E-state index is 13.9. The van der Waals surface area contributed by atoms with Crippen molar-refractivity contribution < 1.29 is 19.0 Å². The minimum atomic E-state index is -0.710. The van der Waals surface area contributed by atoms with Gasteiger partial charge in [-0.2, -0.15) is 10.5 Å². The van der Waals surface area contributed by atoms with Gasteiger partial charge in [-0.3, -0.25) is 9.69 Å². The molecule has 1 aromatic heterocycles. The molecule has 8 nitrogen and oxygen atoms in total. The Morgan fingerprint density at radius 1 is 1.03 bits per heavy atom. The zero-order valence-electron chi connectivity index (χ0n) is 22.9. The quantitative estimate of drug-likeness (QED) is 0.526. The van der Waals surface area contributed by atoms with Gasteiger partial charge in [-0.25, -0.2) is 0 Å². The zero-order valence-corrected chi connectivity index (χ0v) is 23.8. The number of aryl methyl sites for hydroxylation is 1. The van der Waals surface area contributed by atoms with Crippen LogP contribution in [0, 0.1) is 28.1 Å². The van der Waals surface area contributed by atoms with Crippen molar-refractivity contribution in [2.75, 3.05) is 26.2 Å². The Hall–Kier alpha value is -3.95. The summed E-state index contributed by atoms with van der Waals surface area (Å²) in [5.74, 6) is 0.770. The van der Waals surface area contributed by atoms with Crippen LogP contribution in [-0.2, 0) is 17.6 Å². The molecule has 0 bridgehead atoms. The molecule has 0 unspecified atom stereocenters. The third-order valence-electron chi connectivity index (χ3n) is 7.87. The van der Waals surface area contributed by atoms with Crippen LogP contribution in [0.1, 0.15) is 67.0 Å². The van der Waals surface area contributed by atoms with E-state index in [-0.39, 0.29) is 22.6 Å². The Bertz CT molecular complexity index is 1490. The monoisotopic (exact) mass is 544 g/mol. The highest BCUT2D eigenvalue weighted by Crippen LogP contribution is 2.54. The molecule has 3 aliphatic rings. The number of benzene rings is 1. The van der Waals surface area contributed by atoms with Gasteiger partial charge in [0, 0.05) is 22.6 Å². The standard InChI is InChI=1S/C30H32N4O4S/c1-30(2)12-20-26(21(35)13-30)25(16-10-22(36-3)27(38-5)23(11-16)37-4)19(15-32)28(33)34(20)29-18(14-31)17-8-6-7-9-24(17)39-29/h10-11,25H,6-9,12-13,33H2,1-5H3/t25-/m1/s1. The minimum Gasteiger partial charge on any atom is -0.493 e. The van der Waals surface area contributed by atoms with Crippen LogP contribution in [0.5, 0.6) is 17.2 Å². The normalized spacial score (nSPS) is 20.1. The Balaban J connectivity index is 1.80. The number of ketones is 1. The summed E-state index contributed by atoms with van der Waals surface area (Å²) in [6.07, 6.45) is 4.79. The average Bonchev–Trinajstić information content (AvgIpc) is 3.28. The molecule has 2 heterocycles. The van der Waals surface area contributed by atoms with Gasteiger partial charge in [0.1, 0.15) is 16.9 Å². The second-order valence-electron chi connectivity index (χ2n) is 10.9. The topological polar surface area (TPSA) is 122 Å². The maximum atomic E-state index is 13.9. The first-order valence-electron chi connectivity index (χ1n) is 13.0. The van der Waals surface area contributed by atoms with E-state index in [0.29, 0.717) is 51.8 Å². The fourth-order valence-electron chi connectivity index (χ4n) is 6.17. The molecule has 9 heteroatoms. The number of methoxy groups -OCH3 is 3. The Morgan fingerprint density at radius 2 is 1.69 bits per heavy atom. The molecular weight excluding hydrogens is 512 g/mol. The summed E-state index contributed by atoms with van der Waals surface area (Å²) in [6.45, 7) is 4.12. The number of anilines is 1. The molecule has 0 saturated carbocycles. The van der Waals surface area contributed by atoms with Gasteiger partial charge in [0.15, 0.2) is 17.3 Å². The number of nitrogens with zero attached hydrogens (tertiary/aromatic N) is 3. The Labute approximate surface area is 232 Å². The predicted molar refractivity (Wildman–Crippen MR) is 149 cm³/mol. The molecule has 1 aromatic carbocycles. The summed E-state index contributed by atoms with van der Waals surface area (Å²) in [7, 11) is 4.58. The molecule has 1 atom stereocenters. The van der Waals surface area contributed by atoms with Gasteiger partial charge in [0.05, 0.1) is 44.5 Å². The van der Waals surface area contributed by atoms with Crippen LogP contribution in [-0.4, -0.2) is 27.1 Å². The van der Waals surface area contributed by atoms with Gasteiger partial charge >= 0.3 is 0 Å². The maximum Gasteiger partial charge on any atom is 0.203 e. The average molecular weight is 545 g/mol. The third-order valence-corrected chi connectivity index (χ3v) is 9.15. The molecular formula is C30H32N4O4S. The molecule has 5 rings (SSSR count). The number of allylic oxidation sites excluding steroid dienone is 3. The molecule has 0 amide bonds. The van der Waals surface area contributed by atoms with E-state index in [1.165, 1.54) is 26.2 Å². The number of Topliss-reactive ketones (excluding diaryl/α,β-unsaturated/α-hetero) is 1. The first-order valence-corrected chi connectivity index (χ1v) is 13.8. The SMILES string of the molecule is COc1cc([C@@H]2C(C#N)=C(N)N(c3sc4c(c3C#N)CCCC4)C3=C2C(=O)CC(C)(C)C3)cc(OC)c1OC. The van der Waals surface area contributed by atoms with Crippen molar-refractivity contribution in [1.29, 1.82) is 10.5 Å². The van der Waals surface area contributed by atoms with Crippen molar-refractivity contribution in [1.82, 2.24) is 0 Å². The van der Waals surface area contributed by atoms with Crippen molar-refractivity contribution in [3.05, 3.63) is 56.4 Å². The fourth-order valence-corrected chi connectivity index (χ4v) is 7.54.